The summed E-state index contributed by atoms with van der Waals surface area (Å²) in [6.45, 7) is 9.54. The van der Waals surface area contributed by atoms with E-state index in [2.05, 4.69) is 55.8 Å². The number of ether oxygens (including phenoxy) is 1. The molecule has 0 aliphatic carbocycles. The number of alkyl halides is 1. The minimum absolute atomic E-state index is 0.605. The van der Waals surface area contributed by atoms with Gasteiger partial charge in [0.2, 0.25) is 0 Å². The molecule has 0 saturated heterocycles. The van der Waals surface area contributed by atoms with Crippen LogP contribution in [0.3, 0.4) is 0 Å². The maximum Gasteiger partial charge on any atom is 0.122 e. The van der Waals surface area contributed by atoms with E-state index in [4.69, 9.17) is 4.74 Å². The fourth-order valence-electron chi connectivity index (χ4n) is 2.03. The van der Waals surface area contributed by atoms with E-state index in [1.165, 1.54) is 23.1 Å². The molecule has 0 fully saturated rings. The highest BCUT2D eigenvalue weighted by Crippen LogP contribution is 2.29. The SMILES string of the molecule is CCCOc1cc(C)c(C(C)CCBr)cc1C. The van der Waals surface area contributed by atoms with Crippen molar-refractivity contribution in [2.75, 3.05) is 11.9 Å². The summed E-state index contributed by atoms with van der Waals surface area (Å²) in [5, 5.41) is 1.06. The zero-order valence-corrected chi connectivity index (χ0v) is 12.9. The highest BCUT2D eigenvalue weighted by molar-refractivity contribution is 9.09. The van der Waals surface area contributed by atoms with Crippen molar-refractivity contribution in [1.82, 2.24) is 0 Å². The minimum atomic E-state index is 0.605. The lowest BCUT2D eigenvalue weighted by Crippen LogP contribution is -2.02. The monoisotopic (exact) mass is 298 g/mol. The summed E-state index contributed by atoms with van der Waals surface area (Å²) >= 11 is 3.51. The molecule has 1 aromatic rings. The first kappa shape index (κ1) is 14.6. The smallest absolute Gasteiger partial charge is 0.122 e. The van der Waals surface area contributed by atoms with E-state index in [0.29, 0.717) is 5.92 Å². The molecule has 1 rings (SSSR count). The average Bonchev–Trinajstić information content (AvgIpc) is 2.30. The maximum absolute atomic E-state index is 5.75. The van der Waals surface area contributed by atoms with E-state index in [-0.39, 0.29) is 0 Å². The van der Waals surface area contributed by atoms with Crippen LogP contribution >= 0.6 is 15.9 Å². The van der Waals surface area contributed by atoms with Gasteiger partial charge in [-0.15, -0.1) is 0 Å². The van der Waals surface area contributed by atoms with Crippen molar-refractivity contribution in [2.24, 2.45) is 0 Å². The van der Waals surface area contributed by atoms with Crippen molar-refractivity contribution in [2.45, 2.75) is 46.5 Å². The molecule has 17 heavy (non-hydrogen) atoms. The van der Waals surface area contributed by atoms with E-state index >= 15 is 0 Å². The highest BCUT2D eigenvalue weighted by Gasteiger charge is 2.11. The Morgan fingerprint density at radius 2 is 1.94 bits per heavy atom. The molecule has 1 nitrogen and oxygen atoms in total. The number of halogens is 1. The van der Waals surface area contributed by atoms with Crippen LogP contribution in [0, 0.1) is 13.8 Å². The van der Waals surface area contributed by atoms with Crippen LogP contribution in [0.25, 0.3) is 0 Å². The first-order valence-electron chi connectivity index (χ1n) is 6.40. The van der Waals surface area contributed by atoms with Gasteiger partial charge in [0, 0.05) is 5.33 Å². The number of hydrogen-bond donors (Lipinski definition) is 0. The summed E-state index contributed by atoms with van der Waals surface area (Å²) in [7, 11) is 0. The topological polar surface area (TPSA) is 9.23 Å². The van der Waals surface area contributed by atoms with Crippen LogP contribution in [-0.2, 0) is 0 Å². The van der Waals surface area contributed by atoms with Crippen LogP contribution in [-0.4, -0.2) is 11.9 Å². The zero-order chi connectivity index (χ0) is 12.8. The quantitative estimate of drug-likeness (QED) is 0.673. The molecule has 1 unspecified atom stereocenters. The van der Waals surface area contributed by atoms with Crippen LogP contribution in [0.15, 0.2) is 12.1 Å². The third kappa shape index (κ3) is 4.02. The zero-order valence-electron chi connectivity index (χ0n) is 11.3. The summed E-state index contributed by atoms with van der Waals surface area (Å²) in [5.74, 6) is 1.65. The molecular formula is C15H23BrO. The van der Waals surface area contributed by atoms with Gasteiger partial charge in [0.05, 0.1) is 6.61 Å². The van der Waals surface area contributed by atoms with Gasteiger partial charge in [0.1, 0.15) is 5.75 Å². The van der Waals surface area contributed by atoms with Gasteiger partial charge in [-0.3, -0.25) is 0 Å². The third-order valence-corrected chi connectivity index (χ3v) is 3.56. The fraction of sp³-hybridized carbons (Fsp3) is 0.600. The first-order valence-corrected chi connectivity index (χ1v) is 7.52. The van der Waals surface area contributed by atoms with Gasteiger partial charge in [-0.25, -0.2) is 0 Å². The van der Waals surface area contributed by atoms with Crippen molar-refractivity contribution >= 4 is 15.9 Å². The summed E-state index contributed by atoms with van der Waals surface area (Å²) in [4.78, 5) is 0. The van der Waals surface area contributed by atoms with E-state index in [9.17, 15) is 0 Å². The molecule has 0 spiro atoms. The molecule has 1 aromatic carbocycles. The predicted molar refractivity (Wildman–Crippen MR) is 78.5 cm³/mol. The number of aryl methyl sites for hydroxylation is 2. The molecule has 96 valence electrons. The Balaban J connectivity index is 2.92. The molecule has 2 heteroatoms. The highest BCUT2D eigenvalue weighted by atomic mass is 79.9. The van der Waals surface area contributed by atoms with Crippen molar-refractivity contribution < 1.29 is 4.74 Å². The van der Waals surface area contributed by atoms with Crippen molar-refractivity contribution in [1.29, 1.82) is 0 Å². The molecule has 0 aromatic heterocycles. The number of hydrogen-bond acceptors (Lipinski definition) is 1. The van der Waals surface area contributed by atoms with Crippen LogP contribution in [0.2, 0.25) is 0 Å². The minimum Gasteiger partial charge on any atom is -0.493 e. The van der Waals surface area contributed by atoms with Gasteiger partial charge in [0.25, 0.3) is 0 Å². The summed E-state index contributed by atoms with van der Waals surface area (Å²) in [5.41, 5.74) is 4.04. The van der Waals surface area contributed by atoms with E-state index < -0.39 is 0 Å². The Morgan fingerprint density at radius 3 is 2.53 bits per heavy atom. The number of rotatable bonds is 6. The van der Waals surface area contributed by atoms with E-state index in [1.54, 1.807) is 0 Å². The molecule has 0 heterocycles. The lowest BCUT2D eigenvalue weighted by atomic mass is 9.92. The first-order chi connectivity index (χ1) is 8.10. The Kier molecular flexibility index (Phi) is 6.04. The van der Waals surface area contributed by atoms with Crippen LogP contribution in [0.5, 0.6) is 5.75 Å². The van der Waals surface area contributed by atoms with Crippen LogP contribution in [0.4, 0.5) is 0 Å². The maximum atomic E-state index is 5.75. The number of benzene rings is 1. The van der Waals surface area contributed by atoms with Crippen molar-refractivity contribution in [3.8, 4) is 5.75 Å². The van der Waals surface area contributed by atoms with Gasteiger partial charge >= 0.3 is 0 Å². The predicted octanol–water partition coefficient (Wildman–Crippen LogP) is 4.98. The molecule has 0 aliphatic rings. The van der Waals surface area contributed by atoms with Gasteiger partial charge in [0.15, 0.2) is 0 Å². The van der Waals surface area contributed by atoms with Gasteiger partial charge in [-0.2, -0.15) is 0 Å². The fourth-order valence-corrected chi connectivity index (χ4v) is 2.72. The summed E-state index contributed by atoms with van der Waals surface area (Å²) in [6.07, 6.45) is 2.23. The van der Waals surface area contributed by atoms with Crippen LogP contribution < -0.4 is 4.74 Å². The molecule has 0 N–H and O–H groups in total. The van der Waals surface area contributed by atoms with Gasteiger partial charge in [-0.05, 0) is 55.4 Å². The normalized spacial score (nSPS) is 12.5. The van der Waals surface area contributed by atoms with E-state index in [0.717, 1.165) is 24.1 Å². The Morgan fingerprint density at radius 1 is 1.24 bits per heavy atom. The second-order valence-electron chi connectivity index (χ2n) is 4.70. The van der Waals surface area contributed by atoms with Crippen molar-refractivity contribution in [3.63, 3.8) is 0 Å². The molecule has 0 saturated carbocycles. The molecule has 0 aliphatic heterocycles. The molecule has 1 atom stereocenters. The van der Waals surface area contributed by atoms with E-state index in [1.807, 2.05) is 0 Å². The van der Waals surface area contributed by atoms with Gasteiger partial charge in [-0.1, -0.05) is 35.8 Å². The summed E-state index contributed by atoms with van der Waals surface area (Å²) < 4.78 is 5.75. The lowest BCUT2D eigenvalue weighted by Gasteiger charge is -2.17. The summed E-state index contributed by atoms with van der Waals surface area (Å²) in [6, 6.07) is 4.47. The third-order valence-electron chi connectivity index (χ3n) is 3.10. The Labute approximate surface area is 114 Å². The Bertz CT molecular complexity index is 360. The Hall–Kier alpha value is -0.500. The second kappa shape index (κ2) is 7.05. The average molecular weight is 299 g/mol. The molecule has 0 radical (unpaired) electrons. The molecular weight excluding hydrogens is 276 g/mol. The van der Waals surface area contributed by atoms with Crippen LogP contribution in [0.1, 0.15) is 49.3 Å². The second-order valence-corrected chi connectivity index (χ2v) is 5.49. The molecule has 0 amide bonds. The largest absolute Gasteiger partial charge is 0.493 e. The van der Waals surface area contributed by atoms with Gasteiger partial charge < -0.3 is 4.74 Å². The molecule has 0 bridgehead atoms. The van der Waals surface area contributed by atoms with Crippen molar-refractivity contribution in [3.05, 3.63) is 28.8 Å². The standard InChI is InChI=1S/C15H23BrO/c1-5-8-17-15-10-12(3)14(9-13(15)4)11(2)6-7-16/h9-11H,5-8H2,1-4H3. The lowest BCUT2D eigenvalue weighted by molar-refractivity contribution is 0.315.